The van der Waals surface area contributed by atoms with Gasteiger partial charge in [0.25, 0.3) is 11.1 Å². The van der Waals surface area contributed by atoms with Crippen LogP contribution in [0.4, 0.5) is 0 Å². The molecule has 2 rings (SSSR count). The van der Waals surface area contributed by atoms with E-state index in [1.807, 2.05) is 6.92 Å². The number of rotatable bonds is 6. The maximum absolute atomic E-state index is 12.3. The Morgan fingerprint density at radius 3 is 2.61 bits per heavy atom. The zero-order valence-electron chi connectivity index (χ0n) is 13.5. The lowest BCUT2D eigenvalue weighted by Gasteiger charge is -2.24. The van der Waals surface area contributed by atoms with E-state index in [0.717, 1.165) is 0 Å². The molecule has 0 saturated heterocycles. The highest BCUT2D eigenvalue weighted by Gasteiger charge is 2.16. The summed E-state index contributed by atoms with van der Waals surface area (Å²) < 4.78 is 6.22. The number of carbonyl (C=O) groups is 1. The minimum atomic E-state index is -0.339. The van der Waals surface area contributed by atoms with Crippen molar-refractivity contribution in [1.29, 1.82) is 0 Å². The van der Waals surface area contributed by atoms with Gasteiger partial charge in [-0.05, 0) is 19.1 Å². The molecule has 1 unspecified atom stereocenters. The van der Waals surface area contributed by atoms with Gasteiger partial charge in [0.15, 0.2) is 0 Å². The van der Waals surface area contributed by atoms with E-state index in [0.29, 0.717) is 17.4 Å². The summed E-state index contributed by atoms with van der Waals surface area (Å²) >= 11 is 0. The minimum absolute atomic E-state index is 0.0557. The Bertz CT molecular complexity index is 809. The van der Waals surface area contributed by atoms with Crippen LogP contribution in [0.15, 0.2) is 33.9 Å². The van der Waals surface area contributed by atoms with Gasteiger partial charge in [0.1, 0.15) is 0 Å². The minimum Gasteiger partial charge on any atom is -0.383 e. The van der Waals surface area contributed by atoms with Crippen molar-refractivity contribution >= 4 is 16.7 Å². The number of nitrogens with one attached hydrogen (secondary N) is 1. The second-order valence-corrected chi connectivity index (χ2v) is 5.50. The standard InChI is InChI=1S/C16H21N3O4/c1-11(10-23-3)18(2)14(20)8-9-19-16(22)13-7-5-4-6-12(13)15(21)17-19/h4-7,11H,8-10H2,1-3H3,(H,17,21). The lowest BCUT2D eigenvalue weighted by atomic mass is 10.2. The Morgan fingerprint density at radius 2 is 1.96 bits per heavy atom. The molecular formula is C16H21N3O4. The first-order valence-corrected chi connectivity index (χ1v) is 7.42. The molecule has 0 aliphatic carbocycles. The van der Waals surface area contributed by atoms with E-state index in [2.05, 4.69) is 5.10 Å². The summed E-state index contributed by atoms with van der Waals surface area (Å²) in [4.78, 5) is 38.1. The molecule has 0 spiro atoms. The molecule has 0 aliphatic heterocycles. The number of hydrogen-bond donors (Lipinski definition) is 1. The lowest BCUT2D eigenvalue weighted by Crippen LogP contribution is -2.39. The van der Waals surface area contributed by atoms with E-state index in [-0.39, 0.29) is 36.0 Å². The van der Waals surface area contributed by atoms with Crippen LogP contribution in [0.1, 0.15) is 13.3 Å². The number of hydrogen-bond acceptors (Lipinski definition) is 4. The number of fused-ring (bicyclic) bond motifs is 1. The number of H-pyrrole nitrogens is 1. The Labute approximate surface area is 133 Å². The number of ether oxygens (including phenoxy) is 1. The first-order valence-electron chi connectivity index (χ1n) is 7.42. The van der Waals surface area contributed by atoms with Gasteiger partial charge in [0.05, 0.1) is 30.0 Å². The molecule has 0 radical (unpaired) electrons. The second kappa shape index (κ2) is 7.23. The number of aromatic nitrogens is 2. The Kier molecular flexibility index (Phi) is 5.33. The SMILES string of the molecule is COCC(C)N(C)C(=O)CCn1[nH]c(=O)c2ccccc2c1=O. The summed E-state index contributed by atoms with van der Waals surface area (Å²) in [6.07, 6.45) is 0.124. The maximum atomic E-state index is 12.3. The average Bonchev–Trinajstić information content (AvgIpc) is 2.56. The highest BCUT2D eigenvalue weighted by atomic mass is 16.5. The first-order chi connectivity index (χ1) is 11.0. The van der Waals surface area contributed by atoms with Crippen molar-refractivity contribution in [2.24, 2.45) is 0 Å². The van der Waals surface area contributed by atoms with Crippen LogP contribution in [0, 0.1) is 0 Å². The van der Waals surface area contributed by atoms with Crippen molar-refractivity contribution in [2.45, 2.75) is 25.9 Å². The van der Waals surface area contributed by atoms with Crippen molar-refractivity contribution in [1.82, 2.24) is 14.7 Å². The summed E-state index contributed by atoms with van der Waals surface area (Å²) in [6, 6.07) is 6.57. The van der Waals surface area contributed by atoms with Crippen molar-refractivity contribution in [2.75, 3.05) is 20.8 Å². The molecular weight excluding hydrogens is 298 g/mol. The zero-order chi connectivity index (χ0) is 17.0. The summed E-state index contributed by atoms with van der Waals surface area (Å²) in [5.74, 6) is -0.115. The lowest BCUT2D eigenvalue weighted by molar-refractivity contribution is -0.132. The smallest absolute Gasteiger partial charge is 0.273 e. The van der Waals surface area contributed by atoms with E-state index in [1.165, 1.54) is 4.68 Å². The summed E-state index contributed by atoms with van der Waals surface area (Å²) in [5, 5.41) is 3.22. The van der Waals surface area contributed by atoms with E-state index in [9.17, 15) is 14.4 Å². The predicted octanol–water partition coefficient (Wildman–Crippen LogP) is 0.573. The second-order valence-electron chi connectivity index (χ2n) is 5.50. The number of aryl methyl sites for hydroxylation is 1. The van der Waals surface area contributed by atoms with Crippen LogP contribution >= 0.6 is 0 Å². The molecule has 0 bridgehead atoms. The Hall–Kier alpha value is -2.41. The molecule has 7 nitrogen and oxygen atoms in total. The number of amides is 1. The number of methoxy groups -OCH3 is 1. The highest BCUT2D eigenvalue weighted by molar-refractivity contribution is 5.80. The van der Waals surface area contributed by atoms with Crippen LogP contribution in [0.2, 0.25) is 0 Å². The third-order valence-electron chi connectivity index (χ3n) is 3.90. The maximum Gasteiger partial charge on any atom is 0.273 e. The molecule has 1 heterocycles. The van der Waals surface area contributed by atoms with Gasteiger partial charge in [0.2, 0.25) is 5.91 Å². The molecule has 0 aliphatic rings. The van der Waals surface area contributed by atoms with Crippen LogP contribution in [0.25, 0.3) is 10.8 Å². The van der Waals surface area contributed by atoms with Crippen molar-refractivity contribution < 1.29 is 9.53 Å². The Morgan fingerprint density at radius 1 is 1.30 bits per heavy atom. The van der Waals surface area contributed by atoms with Crippen LogP contribution in [-0.2, 0) is 16.1 Å². The highest BCUT2D eigenvalue weighted by Crippen LogP contribution is 2.04. The fourth-order valence-corrected chi connectivity index (χ4v) is 2.39. The molecule has 0 fully saturated rings. The van der Waals surface area contributed by atoms with Gasteiger partial charge in [0, 0.05) is 20.6 Å². The average molecular weight is 319 g/mol. The third kappa shape index (κ3) is 3.68. The number of nitrogens with zero attached hydrogens (tertiary/aromatic N) is 2. The van der Waals surface area contributed by atoms with Gasteiger partial charge < -0.3 is 9.64 Å². The van der Waals surface area contributed by atoms with Crippen LogP contribution in [0.3, 0.4) is 0 Å². The number of carbonyl (C=O) groups excluding carboxylic acids is 1. The molecule has 0 saturated carbocycles. The monoisotopic (exact) mass is 319 g/mol. The molecule has 2 aromatic rings. The molecule has 1 atom stereocenters. The van der Waals surface area contributed by atoms with Gasteiger partial charge in [-0.15, -0.1) is 0 Å². The molecule has 23 heavy (non-hydrogen) atoms. The quantitative estimate of drug-likeness (QED) is 0.844. The van der Waals surface area contributed by atoms with Crippen LogP contribution < -0.4 is 11.1 Å². The topological polar surface area (TPSA) is 84.4 Å². The summed E-state index contributed by atoms with van der Waals surface area (Å²) in [5.41, 5.74) is -0.644. The fraction of sp³-hybridized carbons (Fsp3) is 0.438. The number of benzene rings is 1. The predicted molar refractivity (Wildman–Crippen MR) is 87.6 cm³/mol. The largest absolute Gasteiger partial charge is 0.383 e. The third-order valence-corrected chi connectivity index (χ3v) is 3.90. The molecule has 1 N–H and O–H groups in total. The van der Waals surface area contributed by atoms with Gasteiger partial charge >= 0.3 is 0 Å². The molecule has 7 heteroatoms. The van der Waals surface area contributed by atoms with Gasteiger partial charge in [-0.2, -0.15) is 0 Å². The Balaban J connectivity index is 2.17. The molecule has 1 amide bonds. The number of likely N-dealkylation sites (N-methyl/N-ethyl adjacent to an activating group) is 1. The fourth-order valence-electron chi connectivity index (χ4n) is 2.39. The van der Waals surface area contributed by atoms with Gasteiger partial charge in [-0.3, -0.25) is 19.5 Å². The van der Waals surface area contributed by atoms with E-state index < -0.39 is 0 Å². The summed E-state index contributed by atoms with van der Waals surface area (Å²) in [7, 11) is 3.27. The van der Waals surface area contributed by atoms with Gasteiger partial charge in [-0.1, -0.05) is 12.1 Å². The molecule has 1 aromatic carbocycles. The molecule has 1 aromatic heterocycles. The van der Waals surface area contributed by atoms with Crippen LogP contribution in [-0.4, -0.2) is 47.4 Å². The number of aromatic amines is 1. The van der Waals surface area contributed by atoms with Crippen molar-refractivity contribution in [3.8, 4) is 0 Å². The normalized spacial score (nSPS) is 12.3. The first kappa shape index (κ1) is 17.0. The zero-order valence-corrected chi connectivity index (χ0v) is 13.5. The van der Waals surface area contributed by atoms with E-state index in [4.69, 9.17) is 4.74 Å². The van der Waals surface area contributed by atoms with E-state index >= 15 is 0 Å². The van der Waals surface area contributed by atoms with Crippen molar-refractivity contribution in [3.63, 3.8) is 0 Å². The van der Waals surface area contributed by atoms with Crippen LogP contribution in [0.5, 0.6) is 0 Å². The van der Waals surface area contributed by atoms with E-state index in [1.54, 1.807) is 43.3 Å². The molecule has 124 valence electrons. The van der Waals surface area contributed by atoms with Gasteiger partial charge in [-0.25, -0.2) is 4.68 Å². The summed E-state index contributed by atoms with van der Waals surface area (Å²) in [6.45, 7) is 2.45. The van der Waals surface area contributed by atoms with Crippen molar-refractivity contribution in [3.05, 3.63) is 45.0 Å².